The molecule has 0 aliphatic carbocycles. The maximum absolute atomic E-state index is 13.8. The average Bonchev–Trinajstić information content (AvgIpc) is 3.22. The normalized spacial score (nSPS) is 17.0. The summed E-state index contributed by atoms with van der Waals surface area (Å²) in [5.41, 5.74) is -1.93. The second-order valence-electron chi connectivity index (χ2n) is 15.7. The summed E-state index contributed by atoms with van der Waals surface area (Å²) in [6.07, 6.45) is 3.93. The van der Waals surface area contributed by atoms with Crippen molar-refractivity contribution < 1.29 is 33.5 Å². The van der Waals surface area contributed by atoms with Crippen LogP contribution in [0.1, 0.15) is 113 Å². The van der Waals surface area contributed by atoms with Crippen molar-refractivity contribution in [2.45, 2.75) is 84.0 Å². The molecule has 6 rings (SSSR count). The van der Waals surface area contributed by atoms with Crippen molar-refractivity contribution in [2.24, 2.45) is 7.05 Å². The Morgan fingerprint density at radius 2 is 1.28 bits per heavy atom. The highest BCUT2D eigenvalue weighted by Gasteiger charge is 2.24. The van der Waals surface area contributed by atoms with Crippen LogP contribution in [-0.4, -0.2) is 103 Å². The van der Waals surface area contributed by atoms with Crippen molar-refractivity contribution in [2.75, 3.05) is 52.4 Å². The minimum Gasteiger partial charge on any atom is -0.444 e. The second kappa shape index (κ2) is 24.3. The Kier molecular flexibility index (Phi) is 19.0. The molecule has 332 valence electrons. The van der Waals surface area contributed by atoms with E-state index in [1.54, 1.807) is 45.0 Å². The molecule has 2 aromatic heterocycles. The number of alkyl carbamates (subject to hydrolysis) is 1. The molecule has 7 N–H and O–H groups in total. The molecule has 61 heavy (non-hydrogen) atoms. The van der Waals surface area contributed by atoms with Gasteiger partial charge in [-0.25, -0.2) is 4.79 Å². The largest absolute Gasteiger partial charge is 0.444 e. The summed E-state index contributed by atoms with van der Waals surface area (Å²) < 4.78 is 7.19. The van der Waals surface area contributed by atoms with E-state index in [1.165, 1.54) is 31.3 Å². The van der Waals surface area contributed by atoms with Crippen molar-refractivity contribution in [3.8, 4) is 0 Å². The van der Waals surface area contributed by atoms with E-state index < -0.39 is 52.5 Å². The Balaban J connectivity index is 1.58. The number of carbonyl (C=O) groups excluding carboxylic acids is 5. The van der Waals surface area contributed by atoms with E-state index in [4.69, 9.17) is 9.57 Å². The molecule has 0 spiro atoms. The molecule has 18 heteroatoms. The van der Waals surface area contributed by atoms with Crippen LogP contribution < -0.4 is 53.2 Å². The lowest BCUT2D eigenvalue weighted by Gasteiger charge is -2.22. The average molecular weight is 848 g/mol. The maximum atomic E-state index is 13.8. The third-order valence-corrected chi connectivity index (χ3v) is 9.58. The topological polar surface area (TPSA) is 232 Å². The van der Waals surface area contributed by atoms with E-state index in [0.29, 0.717) is 64.8 Å². The molecule has 0 unspecified atom stereocenters. The van der Waals surface area contributed by atoms with Crippen molar-refractivity contribution in [1.82, 2.24) is 46.5 Å². The predicted octanol–water partition coefficient (Wildman–Crippen LogP) is 1.61. The molecule has 0 saturated heterocycles. The molecule has 3 aliphatic heterocycles. The minimum atomic E-state index is -0.826. The van der Waals surface area contributed by atoms with Gasteiger partial charge in [0.1, 0.15) is 34.7 Å². The van der Waals surface area contributed by atoms with Crippen LogP contribution in [0.2, 0.25) is 0 Å². The lowest BCUT2D eigenvalue weighted by molar-refractivity contribution is 0.0526. The molecule has 3 aromatic rings. The van der Waals surface area contributed by atoms with E-state index in [-0.39, 0.29) is 35.7 Å². The first-order valence-electron chi connectivity index (χ1n) is 20.9. The molecule has 18 nitrogen and oxygen atoms in total. The highest BCUT2D eigenvalue weighted by atomic mass is 16.7. The quantitative estimate of drug-likeness (QED) is 0.161. The summed E-state index contributed by atoms with van der Waals surface area (Å²) in [6, 6.07) is 13.6. The van der Waals surface area contributed by atoms with Gasteiger partial charge in [-0.15, -0.1) is 4.73 Å². The summed E-state index contributed by atoms with van der Waals surface area (Å²) in [5.74, 6) is -2.49. The van der Waals surface area contributed by atoms with E-state index in [2.05, 4.69) is 37.2 Å². The Hall–Kier alpha value is -6.01. The van der Waals surface area contributed by atoms with E-state index >= 15 is 0 Å². The van der Waals surface area contributed by atoms with Crippen molar-refractivity contribution >= 4 is 29.7 Å². The number of hydrogen-bond acceptors (Lipinski definition) is 11. The number of fused-ring (bicyclic) bond motifs is 2. The fourth-order valence-corrected chi connectivity index (χ4v) is 6.32. The smallest absolute Gasteiger partial charge is 0.407 e. The van der Waals surface area contributed by atoms with Crippen LogP contribution in [0.15, 0.2) is 64.2 Å². The molecular formula is C43H61N9O9. The third kappa shape index (κ3) is 15.8. The highest BCUT2D eigenvalue weighted by Crippen LogP contribution is 2.09. The van der Waals surface area contributed by atoms with Gasteiger partial charge < -0.3 is 51.4 Å². The molecule has 4 bridgehead atoms. The number of nitrogens with one attached hydrogen (secondary N) is 7. The molecule has 1 atom stereocenters. The van der Waals surface area contributed by atoms with Gasteiger partial charge in [0.05, 0.1) is 0 Å². The molecular weight excluding hydrogens is 787 g/mol. The van der Waals surface area contributed by atoms with Crippen LogP contribution in [0, 0.1) is 0 Å². The van der Waals surface area contributed by atoms with Crippen molar-refractivity contribution in [3.05, 3.63) is 103 Å². The number of aromatic nitrogens is 2. The van der Waals surface area contributed by atoms with Crippen LogP contribution >= 0.6 is 0 Å². The molecule has 5 heterocycles. The van der Waals surface area contributed by atoms with Crippen LogP contribution in [0.4, 0.5) is 4.79 Å². The fraction of sp³-hybridized carbons (Fsp3) is 0.512. The molecule has 0 fully saturated rings. The standard InChI is InChI=1S/C43H61N9O9/c1-43(2,3)61-42(59)48-25-9-8-16-31-28-49-38(55)35-20-18-33(41(58)52(35)60-29-30-14-6-5-7-15-30)37(54)47-27-13-24-45-22-11-10-21-44-23-12-26-46-36(53)32-17-19-34(39(56)50-31)51(4)40(32)57/h5-7,14-15,17-20,31,44-45H,8-13,16,21-29H2,1-4H3,(H,46,53)(H,47,54)(H,48,59)(H,49,55)(H,50,56)/t31-/m0/s1. The van der Waals surface area contributed by atoms with Crippen molar-refractivity contribution in [3.63, 3.8) is 0 Å². The third-order valence-electron chi connectivity index (χ3n) is 9.58. The second-order valence-corrected chi connectivity index (χ2v) is 15.7. The molecule has 3 aliphatic rings. The van der Waals surface area contributed by atoms with E-state index in [9.17, 15) is 33.6 Å². The maximum Gasteiger partial charge on any atom is 0.407 e. The number of unbranched alkanes of at least 4 members (excludes halogenated alkanes) is 1. The number of ether oxygens (including phenoxy) is 1. The minimum absolute atomic E-state index is 0.0134. The van der Waals surface area contributed by atoms with E-state index in [1.807, 2.05) is 6.07 Å². The number of nitrogens with zero attached hydrogens (tertiary/aromatic N) is 2. The zero-order chi connectivity index (χ0) is 44.2. The molecule has 0 radical (unpaired) electrons. The lowest BCUT2D eigenvalue weighted by Crippen LogP contribution is -2.46. The summed E-state index contributed by atoms with van der Waals surface area (Å²) in [6.45, 7) is 8.98. The van der Waals surface area contributed by atoms with Gasteiger partial charge in [0.15, 0.2) is 0 Å². The summed E-state index contributed by atoms with van der Waals surface area (Å²) in [4.78, 5) is 98.8. The van der Waals surface area contributed by atoms with Gasteiger partial charge in [0.2, 0.25) is 0 Å². The zero-order valence-corrected chi connectivity index (χ0v) is 35.7. The SMILES string of the molecule is Cn1c2ccc(c1=O)C(=O)NCCCNCCCCNCCCNC(=O)c1ccc(n(OCc3ccccc3)c1=O)C(=O)NC[C@H](CCCCNC(=O)OC(C)(C)C)NC2=O. The molecule has 1 aromatic carbocycles. The highest BCUT2D eigenvalue weighted by molar-refractivity contribution is 5.97. The van der Waals surface area contributed by atoms with Crippen LogP contribution in [0.25, 0.3) is 0 Å². The van der Waals surface area contributed by atoms with Gasteiger partial charge in [-0.2, -0.15) is 0 Å². The van der Waals surface area contributed by atoms with Crippen LogP contribution in [0.5, 0.6) is 0 Å². The Labute approximate surface area is 355 Å². The van der Waals surface area contributed by atoms with Gasteiger partial charge in [0.25, 0.3) is 34.7 Å². The van der Waals surface area contributed by atoms with Gasteiger partial charge in [-0.3, -0.25) is 28.8 Å². The molecule has 0 saturated carbocycles. The van der Waals surface area contributed by atoms with Crippen molar-refractivity contribution in [1.29, 1.82) is 0 Å². The number of amides is 5. The number of pyridine rings is 2. The Bertz CT molecular complexity index is 2060. The van der Waals surface area contributed by atoms with Crippen LogP contribution in [0.3, 0.4) is 0 Å². The number of hydrogen-bond donors (Lipinski definition) is 7. The van der Waals surface area contributed by atoms with Gasteiger partial charge in [0, 0.05) is 39.3 Å². The van der Waals surface area contributed by atoms with E-state index in [0.717, 1.165) is 40.8 Å². The monoisotopic (exact) mass is 847 g/mol. The number of rotatable bonds is 8. The number of benzene rings is 1. The first kappa shape index (κ1) is 47.7. The molecule has 5 amide bonds. The first-order valence-corrected chi connectivity index (χ1v) is 20.9. The predicted molar refractivity (Wildman–Crippen MR) is 230 cm³/mol. The number of carbonyl (C=O) groups is 5. The fourth-order valence-electron chi connectivity index (χ4n) is 6.32. The summed E-state index contributed by atoms with van der Waals surface area (Å²) >= 11 is 0. The Morgan fingerprint density at radius 1 is 0.689 bits per heavy atom. The van der Waals surface area contributed by atoms with Gasteiger partial charge in [-0.1, -0.05) is 30.3 Å². The summed E-state index contributed by atoms with van der Waals surface area (Å²) in [5, 5.41) is 20.6. The Morgan fingerprint density at radius 3 is 1.90 bits per heavy atom. The zero-order valence-electron chi connectivity index (χ0n) is 35.7. The lowest BCUT2D eigenvalue weighted by atomic mass is 10.1. The summed E-state index contributed by atoms with van der Waals surface area (Å²) in [7, 11) is 1.40. The first-order chi connectivity index (χ1) is 29.2. The van der Waals surface area contributed by atoms with Gasteiger partial charge in [-0.05, 0) is 122 Å². The van der Waals surface area contributed by atoms with Crippen LogP contribution in [-0.2, 0) is 18.4 Å². The van der Waals surface area contributed by atoms with Gasteiger partial charge >= 0.3 is 6.09 Å².